The molecule has 0 spiro atoms. The van der Waals surface area contributed by atoms with E-state index in [9.17, 15) is 14.7 Å². The molecule has 21 heavy (non-hydrogen) atoms. The van der Waals surface area contributed by atoms with E-state index in [0.29, 0.717) is 12.2 Å². The van der Waals surface area contributed by atoms with Crippen LogP contribution in [0.3, 0.4) is 0 Å². The van der Waals surface area contributed by atoms with Gasteiger partial charge >= 0.3 is 12.0 Å². The van der Waals surface area contributed by atoms with Crippen molar-refractivity contribution >= 4 is 23.4 Å². The number of amides is 2. The first kappa shape index (κ1) is 14.4. The van der Waals surface area contributed by atoms with E-state index in [0.717, 1.165) is 6.07 Å². The van der Waals surface area contributed by atoms with Gasteiger partial charge in [-0.2, -0.15) is 5.10 Å². The number of carboxylic acids is 1. The number of rotatable bonds is 4. The van der Waals surface area contributed by atoms with Crippen molar-refractivity contribution in [1.82, 2.24) is 9.78 Å². The number of aromatic hydroxyl groups is 1. The number of anilines is 2. The van der Waals surface area contributed by atoms with E-state index < -0.39 is 12.0 Å². The first-order valence-corrected chi connectivity index (χ1v) is 6.16. The molecule has 1 heterocycles. The molecule has 1 aromatic carbocycles. The predicted octanol–water partition coefficient (Wildman–Crippen LogP) is 1.95. The number of aromatic nitrogens is 2. The molecule has 8 heteroatoms. The van der Waals surface area contributed by atoms with Gasteiger partial charge in [-0.15, -0.1) is 0 Å². The van der Waals surface area contributed by atoms with E-state index in [4.69, 9.17) is 5.11 Å². The van der Waals surface area contributed by atoms with Crippen molar-refractivity contribution < 1.29 is 19.8 Å². The minimum atomic E-state index is -1.16. The number of urea groups is 1. The van der Waals surface area contributed by atoms with E-state index in [1.54, 1.807) is 10.9 Å². The zero-order chi connectivity index (χ0) is 15.4. The second-order valence-electron chi connectivity index (χ2n) is 4.20. The molecule has 0 radical (unpaired) electrons. The fraction of sp³-hybridized carbons (Fsp3) is 0.154. The molecule has 8 nitrogen and oxygen atoms in total. The van der Waals surface area contributed by atoms with E-state index in [2.05, 4.69) is 15.7 Å². The molecule has 4 N–H and O–H groups in total. The topological polar surface area (TPSA) is 116 Å². The van der Waals surface area contributed by atoms with Gasteiger partial charge in [0, 0.05) is 12.7 Å². The minimum Gasteiger partial charge on any atom is -0.506 e. The average molecular weight is 290 g/mol. The van der Waals surface area contributed by atoms with Crippen LogP contribution in [0.5, 0.6) is 5.75 Å². The van der Waals surface area contributed by atoms with Crippen molar-refractivity contribution in [2.75, 3.05) is 10.6 Å². The van der Waals surface area contributed by atoms with Crippen molar-refractivity contribution in [3.63, 3.8) is 0 Å². The van der Waals surface area contributed by atoms with Crippen LogP contribution in [0.2, 0.25) is 0 Å². The Morgan fingerprint density at radius 3 is 2.67 bits per heavy atom. The second kappa shape index (κ2) is 5.95. The highest BCUT2D eigenvalue weighted by Crippen LogP contribution is 2.24. The summed E-state index contributed by atoms with van der Waals surface area (Å²) in [5.74, 6) is -1.48. The molecule has 0 bridgehead atoms. The van der Waals surface area contributed by atoms with Gasteiger partial charge in [0.2, 0.25) is 0 Å². The molecule has 2 aromatic rings. The van der Waals surface area contributed by atoms with Crippen LogP contribution >= 0.6 is 0 Å². The highest BCUT2D eigenvalue weighted by Gasteiger charge is 2.10. The molecule has 110 valence electrons. The fourth-order valence-corrected chi connectivity index (χ4v) is 1.66. The largest absolute Gasteiger partial charge is 0.506 e. The van der Waals surface area contributed by atoms with E-state index >= 15 is 0 Å². The van der Waals surface area contributed by atoms with Crippen LogP contribution in [0.25, 0.3) is 0 Å². The maximum absolute atomic E-state index is 11.8. The number of carbonyl (C=O) groups excluding carboxylic acids is 1. The van der Waals surface area contributed by atoms with Crippen molar-refractivity contribution in [3.05, 3.63) is 36.2 Å². The second-order valence-corrected chi connectivity index (χ2v) is 4.20. The van der Waals surface area contributed by atoms with Gasteiger partial charge in [-0.1, -0.05) is 0 Å². The number of nitrogens with zero attached hydrogens (tertiary/aromatic N) is 2. The van der Waals surface area contributed by atoms with Gasteiger partial charge in [0.1, 0.15) is 5.75 Å². The van der Waals surface area contributed by atoms with Gasteiger partial charge in [0.15, 0.2) is 0 Å². The van der Waals surface area contributed by atoms with Gasteiger partial charge in [-0.25, -0.2) is 9.59 Å². The number of phenolic OH excluding ortho intramolecular Hbond substituents is 1. The Balaban J connectivity index is 2.04. The monoisotopic (exact) mass is 290 g/mol. The summed E-state index contributed by atoms with van der Waals surface area (Å²) in [4.78, 5) is 22.5. The molecule has 0 aliphatic heterocycles. The summed E-state index contributed by atoms with van der Waals surface area (Å²) >= 11 is 0. The van der Waals surface area contributed by atoms with Crippen LogP contribution < -0.4 is 10.6 Å². The number of hydrogen-bond donors (Lipinski definition) is 4. The number of aryl methyl sites for hydroxylation is 1. The van der Waals surface area contributed by atoms with Crippen molar-refractivity contribution in [2.24, 2.45) is 0 Å². The summed E-state index contributed by atoms with van der Waals surface area (Å²) in [5.41, 5.74) is 0.555. The van der Waals surface area contributed by atoms with Crippen LogP contribution in [0, 0.1) is 0 Å². The normalized spacial score (nSPS) is 10.1. The lowest BCUT2D eigenvalue weighted by Crippen LogP contribution is -2.19. The molecule has 2 rings (SSSR count). The number of benzene rings is 1. The third kappa shape index (κ3) is 3.50. The van der Waals surface area contributed by atoms with Gasteiger partial charge in [-0.3, -0.25) is 4.68 Å². The Morgan fingerprint density at radius 2 is 2.10 bits per heavy atom. The Hall–Kier alpha value is -3.03. The smallest absolute Gasteiger partial charge is 0.335 e. The van der Waals surface area contributed by atoms with Crippen molar-refractivity contribution in [2.45, 2.75) is 13.5 Å². The molecule has 0 aliphatic carbocycles. The Morgan fingerprint density at radius 1 is 1.33 bits per heavy atom. The van der Waals surface area contributed by atoms with Gasteiger partial charge < -0.3 is 20.8 Å². The standard InChI is InChI=1S/C13H14N4O4/c1-2-17-7-9(6-14-17)15-13(21)16-10-4-3-8(12(19)20)5-11(10)18/h3-7,18H,2H2,1H3,(H,19,20)(H2,15,16,21). The highest BCUT2D eigenvalue weighted by molar-refractivity contribution is 6.01. The van der Waals surface area contributed by atoms with Crippen molar-refractivity contribution in [1.29, 1.82) is 0 Å². The molecule has 0 fully saturated rings. The Kier molecular flexibility index (Phi) is 4.07. The van der Waals surface area contributed by atoms with E-state index in [1.807, 2.05) is 6.92 Å². The lowest BCUT2D eigenvalue weighted by Gasteiger charge is -2.08. The quantitative estimate of drug-likeness (QED) is 0.642. The number of carbonyl (C=O) groups is 2. The first-order valence-electron chi connectivity index (χ1n) is 6.16. The molecular formula is C13H14N4O4. The molecule has 0 aliphatic rings. The average Bonchev–Trinajstić information content (AvgIpc) is 2.88. The minimum absolute atomic E-state index is 0.0670. The summed E-state index contributed by atoms with van der Waals surface area (Å²) in [7, 11) is 0. The van der Waals surface area contributed by atoms with E-state index in [1.165, 1.54) is 18.3 Å². The lowest BCUT2D eigenvalue weighted by molar-refractivity contribution is 0.0696. The van der Waals surface area contributed by atoms with Crippen LogP contribution in [0.1, 0.15) is 17.3 Å². The van der Waals surface area contributed by atoms with Crippen molar-refractivity contribution in [3.8, 4) is 5.75 Å². The predicted molar refractivity (Wildman–Crippen MR) is 75.6 cm³/mol. The maximum atomic E-state index is 11.8. The third-order valence-corrected chi connectivity index (χ3v) is 2.71. The van der Waals surface area contributed by atoms with Crippen LogP contribution in [-0.2, 0) is 6.54 Å². The lowest BCUT2D eigenvalue weighted by atomic mass is 10.2. The molecule has 1 aromatic heterocycles. The third-order valence-electron chi connectivity index (χ3n) is 2.71. The summed E-state index contributed by atoms with van der Waals surface area (Å²) < 4.78 is 1.65. The number of carboxylic acid groups (broad SMARTS) is 1. The SMILES string of the molecule is CCn1cc(NC(=O)Nc2ccc(C(=O)O)cc2O)cn1. The number of hydrogen-bond acceptors (Lipinski definition) is 4. The molecule has 2 amide bonds. The summed E-state index contributed by atoms with van der Waals surface area (Å²) in [6, 6.07) is 3.09. The van der Waals surface area contributed by atoms with Crippen LogP contribution in [0.4, 0.5) is 16.2 Å². The van der Waals surface area contributed by atoms with E-state index in [-0.39, 0.29) is 17.0 Å². The summed E-state index contributed by atoms with van der Waals surface area (Å²) in [5, 5.41) is 27.4. The maximum Gasteiger partial charge on any atom is 0.335 e. The molecular weight excluding hydrogens is 276 g/mol. The zero-order valence-corrected chi connectivity index (χ0v) is 11.2. The number of nitrogens with one attached hydrogen (secondary N) is 2. The zero-order valence-electron chi connectivity index (χ0n) is 11.2. The highest BCUT2D eigenvalue weighted by atomic mass is 16.4. The fourth-order valence-electron chi connectivity index (χ4n) is 1.66. The summed E-state index contributed by atoms with van der Waals surface area (Å²) in [6.07, 6.45) is 3.16. The molecule has 0 saturated heterocycles. The Bertz CT molecular complexity index is 681. The summed E-state index contributed by atoms with van der Waals surface area (Å²) in [6.45, 7) is 2.60. The molecule has 0 saturated carbocycles. The van der Waals surface area contributed by atoms with Gasteiger partial charge in [0.25, 0.3) is 0 Å². The number of phenols is 1. The first-order chi connectivity index (χ1) is 9.99. The van der Waals surface area contributed by atoms with Gasteiger partial charge in [0.05, 0.1) is 23.1 Å². The van der Waals surface area contributed by atoms with Crippen LogP contribution in [-0.4, -0.2) is 32.0 Å². The Labute approximate surface area is 120 Å². The number of aromatic carboxylic acids is 1. The molecule has 0 unspecified atom stereocenters. The van der Waals surface area contributed by atoms with Crippen LogP contribution in [0.15, 0.2) is 30.6 Å². The molecule has 0 atom stereocenters. The van der Waals surface area contributed by atoms with Gasteiger partial charge in [-0.05, 0) is 25.1 Å².